The summed E-state index contributed by atoms with van der Waals surface area (Å²) in [5.74, 6) is 0.0318. The van der Waals surface area contributed by atoms with Crippen LogP contribution in [0.3, 0.4) is 0 Å². The van der Waals surface area contributed by atoms with Gasteiger partial charge in [-0.2, -0.15) is 0 Å². The highest BCUT2D eigenvalue weighted by Crippen LogP contribution is 2.30. The SMILES string of the molecule is CCOCCCn1c(S[C@H](C)C(=O)c2ccccc2)nc2sc(C)c(C)c2c1=O. The summed E-state index contributed by atoms with van der Waals surface area (Å²) in [6.45, 7) is 9.56. The molecule has 3 rings (SSSR count). The Morgan fingerprint density at radius 2 is 2.00 bits per heavy atom. The number of aryl methyl sites for hydroxylation is 2. The minimum Gasteiger partial charge on any atom is -0.382 e. The van der Waals surface area contributed by atoms with Crippen LogP contribution < -0.4 is 5.56 Å². The molecule has 0 aliphatic carbocycles. The molecule has 5 nitrogen and oxygen atoms in total. The summed E-state index contributed by atoms with van der Waals surface area (Å²) in [7, 11) is 0. The average molecular weight is 431 g/mol. The van der Waals surface area contributed by atoms with Gasteiger partial charge in [-0.25, -0.2) is 4.98 Å². The Kier molecular flexibility index (Phi) is 7.27. The van der Waals surface area contributed by atoms with Gasteiger partial charge in [0, 0.05) is 30.2 Å². The molecule has 3 aromatic rings. The Morgan fingerprint density at radius 3 is 2.69 bits per heavy atom. The van der Waals surface area contributed by atoms with Crippen molar-refractivity contribution in [2.24, 2.45) is 0 Å². The Hall–Kier alpha value is -1.96. The van der Waals surface area contributed by atoms with Gasteiger partial charge in [0.25, 0.3) is 5.56 Å². The minimum absolute atomic E-state index is 0.0318. The number of fused-ring (bicyclic) bond motifs is 1. The third-order valence-corrected chi connectivity index (χ3v) is 7.03. The molecule has 0 aliphatic rings. The number of ether oxygens (including phenoxy) is 1. The fourth-order valence-corrected chi connectivity index (χ4v) is 5.20. The fraction of sp³-hybridized carbons (Fsp3) is 0.409. The second kappa shape index (κ2) is 9.69. The van der Waals surface area contributed by atoms with Crippen LogP contribution in [0.15, 0.2) is 40.3 Å². The first-order chi connectivity index (χ1) is 13.9. The highest BCUT2D eigenvalue weighted by atomic mass is 32.2. The summed E-state index contributed by atoms with van der Waals surface area (Å²) >= 11 is 2.88. The molecule has 29 heavy (non-hydrogen) atoms. The van der Waals surface area contributed by atoms with E-state index in [0.29, 0.717) is 35.9 Å². The van der Waals surface area contributed by atoms with E-state index in [1.54, 1.807) is 4.57 Å². The lowest BCUT2D eigenvalue weighted by Gasteiger charge is -2.15. The lowest BCUT2D eigenvalue weighted by atomic mass is 10.1. The number of ketones is 1. The van der Waals surface area contributed by atoms with Gasteiger partial charge in [0.1, 0.15) is 4.83 Å². The molecule has 7 heteroatoms. The highest BCUT2D eigenvalue weighted by molar-refractivity contribution is 8.00. The molecule has 1 aromatic carbocycles. The van der Waals surface area contributed by atoms with Gasteiger partial charge in [-0.1, -0.05) is 42.1 Å². The van der Waals surface area contributed by atoms with Gasteiger partial charge in [0.2, 0.25) is 0 Å². The average Bonchev–Trinajstić information content (AvgIpc) is 3.00. The fourth-order valence-electron chi connectivity index (χ4n) is 3.11. The molecule has 0 spiro atoms. The zero-order valence-corrected chi connectivity index (χ0v) is 18.9. The molecule has 0 saturated carbocycles. The Morgan fingerprint density at radius 1 is 1.28 bits per heavy atom. The van der Waals surface area contributed by atoms with E-state index in [1.807, 2.05) is 58.0 Å². The number of thioether (sulfide) groups is 1. The first kappa shape index (κ1) is 21.7. The van der Waals surface area contributed by atoms with Crippen LogP contribution in [0, 0.1) is 13.8 Å². The molecule has 1 atom stereocenters. The summed E-state index contributed by atoms with van der Waals surface area (Å²) in [6.07, 6.45) is 0.720. The maximum atomic E-state index is 13.3. The van der Waals surface area contributed by atoms with Crippen LogP contribution in [-0.4, -0.2) is 33.8 Å². The number of thiophene rings is 1. The first-order valence-electron chi connectivity index (χ1n) is 9.78. The van der Waals surface area contributed by atoms with E-state index in [-0.39, 0.29) is 16.6 Å². The summed E-state index contributed by atoms with van der Waals surface area (Å²) in [5, 5.41) is 0.939. The number of carbonyl (C=O) groups is 1. The van der Waals surface area contributed by atoms with E-state index in [1.165, 1.54) is 23.1 Å². The Balaban J connectivity index is 1.96. The smallest absolute Gasteiger partial charge is 0.263 e. The van der Waals surface area contributed by atoms with Gasteiger partial charge in [-0.05, 0) is 39.7 Å². The second-order valence-corrected chi connectivity index (χ2v) is 9.37. The summed E-state index contributed by atoms with van der Waals surface area (Å²) in [5.41, 5.74) is 1.63. The number of rotatable bonds is 9. The molecule has 0 saturated heterocycles. The predicted octanol–water partition coefficient (Wildman–Crippen LogP) is 4.86. The van der Waals surface area contributed by atoms with Crippen molar-refractivity contribution in [2.45, 2.75) is 51.1 Å². The monoisotopic (exact) mass is 430 g/mol. The molecular formula is C22H26N2O3S2. The number of Topliss-reactive ketones (excluding diaryl/α,β-unsaturated/α-hetero) is 1. The van der Waals surface area contributed by atoms with Crippen molar-refractivity contribution in [3.8, 4) is 0 Å². The van der Waals surface area contributed by atoms with Crippen LogP contribution in [0.25, 0.3) is 10.2 Å². The molecule has 0 radical (unpaired) electrons. The molecular weight excluding hydrogens is 404 g/mol. The number of hydrogen-bond donors (Lipinski definition) is 0. The van der Waals surface area contributed by atoms with Crippen molar-refractivity contribution in [3.05, 3.63) is 56.7 Å². The van der Waals surface area contributed by atoms with Crippen LogP contribution >= 0.6 is 23.1 Å². The molecule has 0 N–H and O–H groups in total. The van der Waals surface area contributed by atoms with Crippen LogP contribution in [0.5, 0.6) is 0 Å². The van der Waals surface area contributed by atoms with E-state index in [4.69, 9.17) is 9.72 Å². The van der Waals surface area contributed by atoms with Crippen molar-refractivity contribution < 1.29 is 9.53 Å². The van der Waals surface area contributed by atoms with E-state index >= 15 is 0 Å². The van der Waals surface area contributed by atoms with E-state index in [2.05, 4.69) is 0 Å². The molecule has 0 fully saturated rings. The molecule has 0 amide bonds. The largest absolute Gasteiger partial charge is 0.382 e. The third-order valence-electron chi connectivity index (χ3n) is 4.84. The summed E-state index contributed by atoms with van der Waals surface area (Å²) < 4.78 is 7.14. The normalized spacial score (nSPS) is 12.4. The van der Waals surface area contributed by atoms with Gasteiger partial charge >= 0.3 is 0 Å². The molecule has 2 heterocycles. The van der Waals surface area contributed by atoms with Gasteiger partial charge in [0.15, 0.2) is 10.9 Å². The van der Waals surface area contributed by atoms with Crippen LogP contribution in [0.4, 0.5) is 0 Å². The van der Waals surface area contributed by atoms with Crippen molar-refractivity contribution in [2.75, 3.05) is 13.2 Å². The molecule has 154 valence electrons. The zero-order valence-electron chi connectivity index (χ0n) is 17.2. The predicted molar refractivity (Wildman–Crippen MR) is 121 cm³/mol. The molecule has 0 unspecified atom stereocenters. The van der Waals surface area contributed by atoms with Gasteiger partial charge in [0.05, 0.1) is 10.6 Å². The summed E-state index contributed by atoms with van der Waals surface area (Å²) in [4.78, 5) is 32.7. The van der Waals surface area contributed by atoms with Gasteiger partial charge in [-0.3, -0.25) is 14.2 Å². The lowest BCUT2D eigenvalue weighted by Crippen LogP contribution is -2.25. The minimum atomic E-state index is -0.345. The van der Waals surface area contributed by atoms with Crippen molar-refractivity contribution >= 4 is 39.1 Å². The van der Waals surface area contributed by atoms with Crippen LogP contribution in [0.2, 0.25) is 0 Å². The quantitative estimate of drug-likeness (QED) is 0.210. The maximum Gasteiger partial charge on any atom is 0.263 e. The second-order valence-electron chi connectivity index (χ2n) is 6.86. The van der Waals surface area contributed by atoms with E-state index < -0.39 is 0 Å². The third kappa shape index (κ3) is 4.79. The van der Waals surface area contributed by atoms with Crippen molar-refractivity contribution in [1.82, 2.24) is 9.55 Å². The van der Waals surface area contributed by atoms with Crippen LogP contribution in [0.1, 0.15) is 41.1 Å². The summed E-state index contributed by atoms with van der Waals surface area (Å²) in [6, 6.07) is 9.24. The van der Waals surface area contributed by atoms with Crippen molar-refractivity contribution in [3.63, 3.8) is 0 Å². The molecule has 2 aromatic heterocycles. The highest BCUT2D eigenvalue weighted by Gasteiger charge is 2.22. The topological polar surface area (TPSA) is 61.2 Å². The van der Waals surface area contributed by atoms with Gasteiger partial charge in [-0.15, -0.1) is 11.3 Å². The van der Waals surface area contributed by atoms with E-state index in [9.17, 15) is 9.59 Å². The molecule has 0 aliphatic heterocycles. The number of hydrogen-bond acceptors (Lipinski definition) is 6. The Bertz CT molecular complexity index is 1060. The molecule has 0 bridgehead atoms. The zero-order chi connectivity index (χ0) is 21.0. The van der Waals surface area contributed by atoms with Crippen molar-refractivity contribution in [1.29, 1.82) is 0 Å². The number of aromatic nitrogens is 2. The van der Waals surface area contributed by atoms with Gasteiger partial charge < -0.3 is 4.74 Å². The van der Waals surface area contributed by atoms with E-state index in [0.717, 1.165) is 21.7 Å². The van der Waals surface area contributed by atoms with Crippen LogP contribution in [-0.2, 0) is 11.3 Å². The standard InChI is InChI=1S/C22H26N2O3S2/c1-5-27-13-9-12-24-21(26)18-14(2)15(3)28-20(18)23-22(24)29-16(4)19(25)17-10-7-6-8-11-17/h6-8,10-11,16H,5,9,12-13H2,1-4H3/t16-/m1/s1. The maximum absolute atomic E-state index is 13.3. The lowest BCUT2D eigenvalue weighted by molar-refractivity contribution is 0.0993. The Labute approximate surface area is 179 Å². The number of nitrogens with zero attached hydrogens (tertiary/aromatic N) is 2. The first-order valence-corrected chi connectivity index (χ1v) is 11.5. The number of benzene rings is 1. The number of carbonyl (C=O) groups excluding carboxylic acids is 1.